The highest BCUT2D eigenvalue weighted by Crippen LogP contribution is 2.34. The molecule has 3 aromatic carbocycles. The first-order valence-electron chi connectivity index (χ1n) is 8.80. The van der Waals surface area contributed by atoms with E-state index in [1.54, 1.807) is 6.07 Å². The van der Waals surface area contributed by atoms with E-state index in [0.29, 0.717) is 5.69 Å². The molecule has 5 rings (SSSR count). The van der Waals surface area contributed by atoms with Gasteiger partial charge in [-0.15, -0.1) is 0 Å². The first kappa shape index (κ1) is 15.7. The molecule has 5 aromatic rings. The molecule has 130 valence electrons. The lowest BCUT2D eigenvalue weighted by Gasteiger charge is -2.06. The average molecular weight is 353 g/mol. The molecule has 0 radical (unpaired) electrons. The molecular weight excluding hydrogens is 337 g/mol. The smallest absolute Gasteiger partial charge is 0.125 e. The zero-order chi connectivity index (χ0) is 18.4. The van der Waals surface area contributed by atoms with E-state index in [-0.39, 0.29) is 5.82 Å². The number of aromatic nitrogens is 3. The predicted molar refractivity (Wildman–Crippen MR) is 107 cm³/mol. The SMILES string of the molecule is Cc1ccc2ncc3c(-c4ccccc4)nn(-c4cccc(F)c4)c3c2c1. The lowest BCUT2D eigenvalue weighted by atomic mass is 10.1. The molecule has 0 aliphatic rings. The van der Waals surface area contributed by atoms with Crippen LogP contribution in [0.5, 0.6) is 0 Å². The largest absolute Gasteiger partial charge is 0.255 e. The van der Waals surface area contributed by atoms with Crippen LogP contribution >= 0.6 is 0 Å². The van der Waals surface area contributed by atoms with Crippen LogP contribution in [0.4, 0.5) is 4.39 Å². The first-order chi connectivity index (χ1) is 13.2. The fraction of sp³-hybridized carbons (Fsp3) is 0.0435. The highest BCUT2D eigenvalue weighted by atomic mass is 19.1. The van der Waals surface area contributed by atoms with Crippen LogP contribution in [0.3, 0.4) is 0 Å². The molecular formula is C23H16FN3. The lowest BCUT2D eigenvalue weighted by Crippen LogP contribution is -1.98. The van der Waals surface area contributed by atoms with Crippen LogP contribution in [0.15, 0.2) is 79.0 Å². The summed E-state index contributed by atoms with van der Waals surface area (Å²) in [5, 5.41) is 6.81. The molecule has 0 bridgehead atoms. The van der Waals surface area contributed by atoms with Crippen molar-refractivity contribution in [2.24, 2.45) is 0 Å². The van der Waals surface area contributed by atoms with E-state index >= 15 is 0 Å². The number of rotatable bonds is 2. The van der Waals surface area contributed by atoms with Crippen molar-refractivity contribution >= 4 is 21.8 Å². The summed E-state index contributed by atoms with van der Waals surface area (Å²) >= 11 is 0. The molecule has 27 heavy (non-hydrogen) atoms. The number of aryl methyl sites for hydroxylation is 1. The average Bonchev–Trinajstić information content (AvgIpc) is 3.09. The number of benzene rings is 3. The number of hydrogen-bond acceptors (Lipinski definition) is 2. The molecule has 0 amide bonds. The van der Waals surface area contributed by atoms with Crippen LogP contribution < -0.4 is 0 Å². The van der Waals surface area contributed by atoms with Gasteiger partial charge in [-0.2, -0.15) is 5.10 Å². The minimum atomic E-state index is -0.285. The minimum Gasteiger partial charge on any atom is -0.255 e. The third kappa shape index (κ3) is 2.57. The van der Waals surface area contributed by atoms with Gasteiger partial charge >= 0.3 is 0 Å². The maximum Gasteiger partial charge on any atom is 0.125 e. The molecule has 0 unspecified atom stereocenters. The van der Waals surface area contributed by atoms with Crippen molar-refractivity contribution in [3.05, 3.63) is 90.4 Å². The van der Waals surface area contributed by atoms with E-state index in [2.05, 4.69) is 18.0 Å². The van der Waals surface area contributed by atoms with Gasteiger partial charge in [0.15, 0.2) is 0 Å². The van der Waals surface area contributed by atoms with Crippen LogP contribution in [0.1, 0.15) is 5.56 Å². The van der Waals surface area contributed by atoms with Gasteiger partial charge < -0.3 is 0 Å². The standard InChI is InChI=1S/C23H16FN3/c1-15-10-11-21-19(12-15)23-20(14-25-21)22(16-6-3-2-4-7-16)26-27(23)18-9-5-8-17(24)13-18/h2-14H,1H3. The summed E-state index contributed by atoms with van der Waals surface area (Å²) in [6, 6.07) is 22.7. The fourth-order valence-electron chi connectivity index (χ4n) is 3.50. The van der Waals surface area contributed by atoms with Crippen molar-refractivity contribution in [3.63, 3.8) is 0 Å². The van der Waals surface area contributed by atoms with E-state index in [1.807, 2.05) is 59.4 Å². The molecule has 2 aromatic heterocycles. The summed E-state index contributed by atoms with van der Waals surface area (Å²) in [5.41, 5.74) is 5.51. The summed E-state index contributed by atoms with van der Waals surface area (Å²) in [7, 11) is 0. The summed E-state index contributed by atoms with van der Waals surface area (Å²) in [6.07, 6.45) is 1.86. The second-order valence-electron chi connectivity index (χ2n) is 6.65. The van der Waals surface area contributed by atoms with Crippen LogP contribution in [-0.4, -0.2) is 14.8 Å². The Balaban J connectivity index is 1.94. The molecule has 0 aliphatic carbocycles. The van der Waals surface area contributed by atoms with E-state index in [4.69, 9.17) is 5.10 Å². The van der Waals surface area contributed by atoms with Gasteiger partial charge in [-0.05, 0) is 37.3 Å². The van der Waals surface area contributed by atoms with Gasteiger partial charge in [-0.1, -0.05) is 48.0 Å². The maximum atomic E-state index is 13.9. The van der Waals surface area contributed by atoms with Crippen molar-refractivity contribution in [2.45, 2.75) is 6.92 Å². The van der Waals surface area contributed by atoms with E-state index < -0.39 is 0 Å². The number of nitrogens with zero attached hydrogens (tertiary/aromatic N) is 3. The molecule has 2 heterocycles. The Morgan fingerprint density at radius 1 is 0.852 bits per heavy atom. The second kappa shape index (κ2) is 6.02. The highest BCUT2D eigenvalue weighted by Gasteiger charge is 2.17. The van der Waals surface area contributed by atoms with Gasteiger partial charge in [0.2, 0.25) is 0 Å². The van der Waals surface area contributed by atoms with Crippen molar-refractivity contribution < 1.29 is 4.39 Å². The van der Waals surface area contributed by atoms with Crippen molar-refractivity contribution in [2.75, 3.05) is 0 Å². The first-order valence-corrected chi connectivity index (χ1v) is 8.80. The summed E-state index contributed by atoms with van der Waals surface area (Å²) in [5.74, 6) is -0.285. The third-order valence-corrected chi connectivity index (χ3v) is 4.76. The quantitative estimate of drug-likeness (QED) is 0.408. The van der Waals surface area contributed by atoms with E-state index in [1.165, 1.54) is 12.1 Å². The number of pyridine rings is 1. The Labute approximate surface area is 155 Å². The number of hydrogen-bond donors (Lipinski definition) is 0. The Hall–Kier alpha value is -3.53. The molecule has 0 atom stereocenters. The van der Waals surface area contributed by atoms with Gasteiger partial charge in [0.05, 0.1) is 16.7 Å². The fourth-order valence-corrected chi connectivity index (χ4v) is 3.50. The summed E-state index contributed by atoms with van der Waals surface area (Å²) in [6.45, 7) is 2.05. The molecule has 3 nitrogen and oxygen atoms in total. The Morgan fingerprint density at radius 3 is 2.52 bits per heavy atom. The number of fused-ring (bicyclic) bond motifs is 3. The minimum absolute atomic E-state index is 0.285. The van der Waals surface area contributed by atoms with Gasteiger partial charge in [0, 0.05) is 22.5 Å². The zero-order valence-corrected chi connectivity index (χ0v) is 14.7. The van der Waals surface area contributed by atoms with Gasteiger partial charge in [0.25, 0.3) is 0 Å². The van der Waals surface area contributed by atoms with Gasteiger partial charge in [-0.25, -0.2) is 9.07 Å². The van der Waals surface area contributed by atoms with Crippen LogP contribution in [0.25, 0.3) is 38.8 Å². The van der Waals surface area contributed by atoms with Crippen molar-refractivity contribution in [3.8, 4) is 16.9 Å². The molecule has 0 fully saturated rings. The summed E-state index contributed by atoms with van der Waals surface area (Å²) < 4.78 is 15.7. The van der Waals surface area contributed by atoms with Crippen LogP contribution in [0, 0.1) is 12.7 Å². The second-order valence-corrected chi connectivity index (χ2v) is 6.65. The monoisotopic (exact) mass is 353 g/mol. The Bertz CT molecular complexity index is 1290. The van der Waals surface area contributed by atoms with Crippen LogP contribution in [0.2, 0.25) is 0 Å². The zero-order valence-electron chi connectivity index (χ0n) is 14.7. The molecule has 0 spiro atoms. The predicted octanol–water partition coefficient (Wildman–Crippen LogP) is 5.69. The Morgan fingerprint density at radius 2 is 1.70 bits per heavy atom. The number of halogens is 1. The molecule has 0 saturated heterocycles. The van der Waals surface area contributed by atoms with E-state index in [9.17, 15) is 4.39 Å². The van der Waals surface area contributed by atoms with Crippen LogP contribution in [-0.2, 0) is 0 Å². The molecule has 0 aliphatic heterocycles. The maximum absolute atomic E-state index is 13.9. The van der Waals surface area contributed by atoms with E-state index in [0.717, 1.165) is 38.6 Å². The topological polar surface area (TPSA) is 30.7 Å². The lowest BCUT2D eigenvalue weighted by molar-refractivity contribution is 0.626. The highest BCUT2D eigenvalue weighted by molar-refractivity contribution is 6.08. The Kier molecular flexibility index (Phi) is 3.50. The normalized spacial score (nSPS) is 11.3. The molecule has 0 N–H and O–H groups in total. The molecule has 0 saturated carbocycles. The summed E-state index contributed by atoms with van der Waals surface area (Å²) in [4.78, 5) is 4.63. The van der Waals surface area contributed by atoms with Gasteiger partial charge in [-0.3, -0.25) is 4.98 Å². The molecule has 4 heteroatoms. The van der Waals surface area contributed by atoms with Gasteiger partial charge in [0.1, 0.15) is 11.5 Å². The third-order valence-electron chi connectivity index (χ3n) is 4.76. The van der Waals surface area contributed by atoms with Crippen molar-refractivity contribution in [1.29, 1.82) is 0 Å². The van der Waals surface area contributed by atoms with Crippen molar-refractivity contribution in [1.82, 2.24) is 14.8 Å².